The summed E-state index contributed by atoms with van der Waals surface area (Å²) in [5, 5.41) is 3.66. The average molecular weight is 197 g/mol. The van der Waals surface area contributed by atoms with Crippen LogP contribution in [-0.4, -0.2) is 12.6 Å². The average Bonchev–Trinajstić information content (AvgIpc) is 2.71. The molecule has 0 bridgehead atoms. The number of hydrogen-bond donors (Lipinski definition) is 1. The van der Waals surface area contributed by atoms with E-state index in [2.05, 4.69) is 33.0 Å². The molecule has 1 aliphatic carbocycles. The Hall–Kier alpha value is -0.0400. The SMILES string of the molecule is CCCCCC(C)NCC1CC1(C)C. The molecule has 0 saturated heterocycles. The first-order valence-electron chi connectivity index (χ1n) is 6.29. The molecule has 0 aromatic heterocycles. The number of rotatable bonds is 7. The molecule has 2 atom stereocenters. The van der Waals surface area contributed by atoms with Crippen LogP contribution in [0.4, 0.5) is 0 Å². The Morgan fingerprint density at radius 2 is 2.00 bits per heavy atom. The van der Waals surface area contributed by atoms with Crippen molar-refractivity contribution in [3.8, 4) is 0 Å². The van der Waals surface area contributed by atoms with Crippen molar-refractivity contribution < 1.29 is 0 Å². The van der Waals surface area contributed by atoms with Crippen LogP contribution in [0.25, 0.3) is 0 Å². The summed E-state index contributed by atoms with van der Waals surface area (Å²) in [5.41, 5.74) is 0.635. The zero-order valence-electron chi connectivity index (χ0n) is 10.4. The van der Waals surface area contributed by atoms with Crippen molar-refractivity contribution in [2.75, 3.05) is 6.54 Å². The molecule has 1 saturated carbocycles. The molecule has 1 N–H and O–H groups in total. The van der Waals surface area contributed by atoms with Gasteiger partial charge in [-0.25, -0.2) is 0 Å². The van der Waals surface area contributed by atoms with Gasteiger partial charge in [0.1, 0.15) is 0 Å². The molecule has 1 nitrogen and oxygen atoms in total. The summed E-state index contributed by atoms with van der Waals surface area (Å²) in [7, 11) is 0. The maximum atomic E-state index is 3.66. The molecular weight excluding hydrogens is 170 g/mol. The molecule has 0 radical (unpaired) electrons. The van der Waals surface area contributed by atoms with E-state index in [-0.39, 0.29) is 0 Å². The van der Waals surface area contributed by atoms with Crippen LogP contribution >= 0.6 is 0 Å². The van der Waals surface area contributed by atoms with E-state index >= 15 is 0 Å². The van der Waals surface area contributed by atoms with Crippen molar-refractivity contribution in [3.05, 3.63) is 0 Å². The number of hydrogen-bond acceptors (Lipinski definition) is 1. The lowest BCUT2D eigenvalue weighted by molar-refractivity contribution is 0.447. The van der Waals surface area contributed by atoms with Gasteiger partial charge in [-0.1, -0.05) is 40.0 Å². The Bertz CT molecular complexity index is 163. The molecule has 0 aliphatic heterocycles. The molecule has 1 heteroatoms. The Kier molecular flexibility index (Phi) is 4.43. The standard InChI is InChI=1S/C13H27N/c1-5-6-7-8-11(2)14-10-12-9-13(12,3)4/h11-12,14H,5-10H2,1-4H3. The second kappa shape index (κ2) is 5.16. The van der Waals surface area contributed by atoms with E-state index in [1.807, 2.05) is 0 Å². The summed E-state index contributed by atoms with van der Waals surface area (Å²) in [5.74, 6) is 0.941. The zero-order valence-corrected chi connectivity index (χ0v) is 10.4. The van der Waals surface area contributed by atoms with E-state index < -0.39 is 0 Å². The van der Waals surface area contributed by atoms with Crippen molar-refractivity contribution in [1.82, 2.24) is 5.32 Å². The van der Waals surface area contributed by atoms with Gasteiger partial charge in [0, 0.05) is 6.04 Å². The van der Waals surface area contributed by atoms with Crippen LogP contribution < -0.4 is 5.32 Å². The highest BCUT2D eigenvalue weighted by molar-refractivity contribution is 4.96. The molecule has 1 rings (SSSR count). The largest absolute Gasteiger partial charge is 0.314 e. The van der Waals surface area contributed by atoms with Gasteiger partial charge in [-0.05, 0) is 37.6 Å². The van der Waals surface area contributed by atoms with E-state index in [0.717, 1.165) is 12.0 Å². The molecule has 14 heavy (non-hydrogen) atoms. The highest BCUT2D eigenvalue weighted by Gasteiger charge is 2.44. The van der Waals surface area contributed by atoms with E-state index in [4.69, 9.17) is 0 Å². The lowest BCUT2D eigenvalue weighted by atomic mass is 10.1. The minimum absolute atomic E-state index is 0.635. The van der Waals surface area contributed by atoms with Gasteiger partial charge < -0.3 is 5.32 Å². The molecular formula is C13H27N. The minimum atomic E-state index is 0.635. The smallest absolute Gasteiger partial charge is 0.00388 e. The topological polar surface area (TPSA) is 12.0 Å². The van der Waals surface area contributed by atoms with Crippen LogP contribution in [0.3, 0.4) is 0 Å². The fourth-order valence-electron chi connectivity index (χ4n) is 2.07. The highest BCUT2D eigenvalue weighted by atomic mass is 14.9. The van der Waals surface area contributed by atoms with Gasteiger partial charge in [-0.2, -0.15) is 0 Å². The van der Waals surface area contributed by atoms with Gasteiger partial charge in [0.15, 0.2) is 0 Å². The van der Waals surface area contributed by atoms with Crippen LogP contribution in [0.5, 0.6) is 0 Å². The highest BCUT2D eigenvalue weighted by Crippen LogP contribution is 2.51. The van der Waals surface area contributed by atoms with E-state index in [1.54, 1.807) is 0 Å². The molecule has 84 valence electrons. The van der Waals surface area contributed by atoms with Crippen molar-refractivity contribution in [3.63, 3.8) is 0 Å². The maximum Gasteiger partial charge on any atom is 0.00388 e. The van der Waals surface area contributed by atoms with Crippen LogP contribution in [0, 0.1) is 11.3 Å². The number of unbranched alkanes of at least 4 members (excludes halogenated alkanes) is 2. The Balaban J connectivity index is 1.96. The first-order valence-corrected chi connectivity index (χ1v) is 6.29. The molecule has 1 aliphatic rings. The molecule has 2 unspecified atom stereocenters. The summed E-state index contributed by atoms with van der Waals surface area (Å²) < 4.78 is 0. The van der Waals surface area contributed by atoms with Gasteiger partial charge in [-0.15, -0.1) is 0 Å². The Labute approximate surface area is 89.7 Å². The van der Waals surface area contributed by atoms with E-state index in [1.165, 1.54) is 38.6 Å². The lowest BCUT2D eigenvalue weighted by Gasteiger charge is -2.14. The summed E-state index contributed by atoms with van der Waals surface area (Å²) in [4.78, 5) is 0. The second-order valence-corrected chi connectivity index (χ2v) is 5.69. The van der Waals surface area contributed by atoms with Crippen LogP contribution in [0.2, 0.25) is 0 Å². The quantitative estimate of drug-likeness (QED) is 0.615. The number of nitrogens with one attached hydrogen (secondary N) is 1. The monoisotopic (exact) mass is 197 g/mol. The van der Waals surface area contributed by atoms with E-state index in [0.29, 0.717) is 5.41 Å². The fourth-order valence-corrected chi connectivity index (χ4v) is 2.07. The lowest BCUT2D eigenvalue weighted by Crippen LogP contribution is -2.28. The van der Waals surface area contributed by atoms with Crippen LogP contribution in [0.15, 0.2) is 0 Å². The van der Waals surface area contributed by atoms with Gasteiger partial charge in [0.05, 0.1) is 0 Å². The summed E-state index contributed by atoms with van der Waals surface area (Å²) in [6.07, 6.45) is 6.88. The molecule has 0 amide bonds. The second-order valence-electron chi connectivity index (χ2n) is 5.69. The fraction of sp³-hybridized carbons (Fsp3) is 1.00. The van der Waals surface area contributed by atoms with Crippen molar-refractivity contribution >= 4 is 0 Å². The molecule has 0 spiro atoms. The van der Waals surface area contributed by atoms with Crippen molar-refractivity contribution in [2.45, 2.75) is 65.8 Å². The molecule has 0 aromatic rings. The normalized spacial score (nSPS) is 26.1. The van der Waals surface area contributed by atoms with Gasteiger partial charge in [0.25, 0.3) is 0 Å². The van der Waals surface area contributed by atoms with E-state index in [9.17, 15) is 0 Å². The van der Waals surface area contributed by atoms with Crippen molar-refractivity contribution in [1.29, 1.82) is 0 Å². The third-order valence-corrected chi connectivity index (χ3v) is 3.67. The summed E-state index contributed by atoms with van der Waals surface area (Å²) in [6.45, 7) is 10.6. The molecule has 0 aromatic carbocycles. The molecule has 0 heterocycles. The van der Waals surface area contributed by atoms with Gasteiger partial charge >= 0.3 is 0 Å². The predicted octanol–water partition coefficient (Wildman–Crippen LogP) is 3.59. The first kappa shape index (κ1) is 12.0. The first-order chi connectivity index (χ1) is 6.56. The van der Waals surface area contributed by atoms with Crippen molar-refractivity contribution in [2.24, 2.45) is 11.3 Å². The third kappa shape index (κ3) is 4.00. The zero-order chi connectivity index (χ0) is 10.6. The minimum Gasteiger partial charge on any atom is -0.314 e. The predicted molar refractivity (Wildman–Crippen MR) is 63.5 cm³/mol. The Morgan fingerprint density at radius 3 is 2.50 bits per heavy atom. The summed E-state index contributed by atoms with van der Waals surface area (Å²) >= 11 is 0. The maximum absolute atomic E-state index is 3.66. The summed E-state index contributed by atoms with van der Waals surface area (Å²) in [6, 6.07) is 0.720. The van der Waals surface area contributed by atoms with Gasteiger partial charge in [0.2, 0.25) is 0 Å². The van der Waals surface area contributed by atoms with Crippen LogP contribution in [0.1, 0.15) is 59.8 Å². The van der Waals surface area contributed by atoms with Crippen LogP contribution in [-0.2, 0) is 0 Å². The molecule has 1 fully saturated rings. The van der Waals surface area contributed by atoms with Gasteiger partial charge in [-0.3, -0.25) is 0 Å². The third-order valence-electron chi connectivity index (χ3n) is 3.67. The Morgan fingerprint density at radius 1 is 1.36 bits per heavy atom.